The number of hydrogen-bond acceptors (Lipinski definition) is 5. The van der Waals surface area contributed by atoms with Gasteiger partial charge in [0, 0.05) is 5.56 Å². The van der Waals surface area contributed by atoms with Crippen LogP contribution in [-0.4, -0.2) is 10.2 Å². The lowest BCUT2D eigenvalue weighted by molar-refractivity contribution is 0.304. The van der Waals surface area contributed by atoms with Gasteiger partial charge >= 0.3 is 6.01 Å². The Morgan fingerprint density at radius 1 is 1.26 bits per heavy atom. The number of benzene rings is 2. The van der Waals surface area contributed by atoms with Gasteiger partial charge in [0.05, 0.1) is 9.50 Å². The van der Waals surface area contributed by atoms with Gasteiger partial charge in [-0.25, -0.2) is 4.39 Å². The van der Waals surface area contributed by atoms with E-state index in [-0.39, 0.29) is 24.3 Å². The van der Waals surface area contributed by atoms with Crippen LogP contribution in [0.2, 0.25) is 5.02 Å². The lowest BCUT2D eigenvalue weighted by atomic mass is 10.2. The number of halogens is 3. The SMILES string of the molecule is Nc1nnc(-c2cc(Cl)c(OCc3cccc(F)c3)c(Br)c2)o1. The zero-order valence-electron chi connectivity index (χ0n) is 11.6. The molecule has 23 heavy (non-hydrogen) atoms. The van der Waals surface area contributed by atoms with Crippen molar-refractivity contribution in [1.82, 2.24) is 10.2 Å². The second kappa shape index (κ2) is 6.55. The normalized spacial score (nSPS) is 10.7. The Balaban J connectivity index is 1.83. The van der Waals surface area contributed by atoms with E-state index >= 15 is 0 Å². The summed E-state index contributed by atoms with van der Waals surface area (Å²) >= 11 is 9.62. The van der Waals surface area contributed by atoms with Crippen LogP contribution in [0, 0.1) is 5.82 Å². The molecule has 3 rings (SSSR count). The van der Waals surface area contributed by atoms with Gasteiger partial charge in [-0.1, -0.05) is 28.8 Å². The summed E-state index contributed by atoms with van der Waals surface area (Å²) in [4.78, 5) is 0. The number of rotatable bonds is 4. The third kappa shape index (κ3) is 3.62. The van der Waals surface area contributed by atoms with Gasteiger partial charge in [-0.05, 0) is 45.8 Å². The minimum absolute atomic E-state index is 0.0290. The van der Waals surface area contributed by atoms with Crippen LogP contribution in [0.15, 0.2) is 45.3 Å². The molecule has 1 aromatic heterocycles. The summed E-state index contributed by atoms with van der Waals surface area (Å²) in [6.45, 7) is 0.183. The number of anilines is 1. The first-order valence-electron chi connectivity index (χ1n) is 6.48. The number of aromatic nitrogens is 2. The zero-order valence-corrected chi connectivity index (χ0v) is 13.9. The van der Waals surface area contributed by atoms with E-state index in [1.54, 1.807) is 24.3 Å². The Labute approximate surface area is 144 Å². The summed E-state index contributed by atoms with van der Waals surface area (Å²) in [5.41, 5.74) is 6.70. The van der Waals surface area contributed by atoms with Gasteiger partial charge in [0.15, 0.2) is 5.75 Å². The van der Waals surface area contributed by atoms with Gasteiger partial charge in [0.1, 0.15) is 12.4 Å². The van der Waals surface area contributed by atoms with E-state index in [1.165, 1.54) is 12.1 Å². The second-order valence-corrected chi connectivity index (χ2v) is 5.89. The number of nitrogens with two attached hydrogens (primary N) is 1. The highest BCUT2D eigenvalue weighted by Crippen LogP contribution is 2.38. The van der Waals surface area contributed by atoms with E-state index < -0.39 is 0 Å². The molecule has 1 heterocycles. The minimum Gasteiger partial charge on any atom is -0.486 e. The van der Waals surface area contributed by atoms with E-state index in [4.69, 9.17) is 26.5 Å². The van der Waals surface area contributed by atoms with Gasteiger partial charge in [-0.2, -0.15) is 0 Å². The van der Waals surface area contributed by atoms with Gasteiger partial charge < -0.3 is 14.9 Å². The largest absolute Gasteiger partial charge is 0.486 e. The number of ether oxygens (including phenoxy) is 1. The van der Waals surface area contributed by atoms with E-state index in [1.807, 2.05) is 0 Å². The summed E-state index contributed by atoms with van der Waals surface area (Å²) in [6, 6.07) is 9.47. The first kappa shape index (κ1) is 15.8. The highest BCUT2D eigenvalue weighted by atomic mass is 79.9. The fraction of sp³-hybridized carbons (Fsp3) is 0.0667. The van der Waals surface area contributed by atoms with Crippen molar-refractivity contribution in [3.8, 4) is 17.2 Å². The fourth-order valence-corrected chi connectivity index (χ4v) is 2.92. The summed E-state index contributed by atoms with van der Waals surface area (Å²) in [6.07, 6.45) is 0. The molecular formula is C15H10BrClFN3O2. The average molecular weight is 399 g/mol. The molecule has 0 radical (unpaired) electrons. The topological polar surface area (TPSA) is 74.2 Å². The van der Waals surface area contributed by atoms with Gasteiger partial charge in [0.25, 0.3) is 0 Å². The maximum absolute atomic E-state index is 13.2. The van der Waals surface area contributed by atoms with Crippen molar-refractivity contribution in [1.29, 1.82) is 0 Å². The fourth-order valence-electron chi connectivity index (χ4n) is 1.95. The molecule has 0 aliphatic heterocycles. The Morgan fingerprint density at radius 3 is 2.74 bits per heavy atom. The quantitative estimate of drug-likeness (QED) is 0.702. The number of hydrogen-bond donors (Lipinski definition) is 1. The van der Waals surface area contributed by atoms with E-state index in [2.05, 4.69) is 26.1 Å². The monoisotopic (exact) mass is 397 g/mol. The van der Waals surface area contributed by atoms with Gasteiger partial charge in [-0.15, -0.1) is 5.10 Å². The summed E-state index contributed by atoms with van der Waals surface area (Å²) < 4.78 is 24.6. The molecule has 0 amide bonds. The summed E-state index contributed by atoms with van der Waals surface area (Å²) in [7, 11) is 0. The molecule has 0 bridgehead atoms. The third-order valence-corrected chi connectivity index (χ3v) is 3.83. The van der Waals surface area contributed by atoms with Crippen molar-refractivity contribution < 1.29 is 13.5 Å². The predicted octanol–water partition coefficient (Wildman–Crippen LogP) is 4.45. The van der Waals surface area contributed by atoms with Crippen LogP contribution in [0.4, 0.5) is 10.4 Å². The van der Waals surface area contributed by atoms with E-state index in [0.717, 1.165) is 0 Å². The standard InChI is InChI=1S/C15H10BrClFN3O2/c16-11-5-9(14-20-21-15(19)23-14)6-12(17)13(11)22-7-8-2-1-3-10(18)4-8/h1-6H,7H2,(H2,19,21). The third-order valence-electron chi connectivity index (χ3n) is 2.96. The molecule has 0 unspecified atom stereocenters. The highest BCUT2D eigenvalue weighted by molar-refractivity contribution is 9.10. The molecule has 0 aliphatic rings. The van der Waals surface area contributed by atoms with Crippen molar-refractivity contribution in [3.63, 3.8) is 0 Å². The van der Waals surface area contributed by atoms with Crippen LogP contribution < -0.4 is 10.5 Å². The van der Waals surface area contributed by atoms with Gasteiger partial charge in [-0.3, -0.25) is 0 Å². The molecule has 0 atom stereocenters. The summed E-state index contributed by atoms with van der Waals surface area (Å²) in [5.74, 6) is 0.370. The molecule has 0 aliphatic carbocycles. The van der Waals surface area contributed by atoms with Crippen molar-refractivity contribution in [3.05, 3.63) is 57.3 Å². The van der Waals surface area contributed by atoms with E-state index in [0.29, 0.717) is 26.4 Å². The van der Waals surface area contributed by atoms with Crippen molar-refractivity contribution >= 4 is 33.5 Å². The van der Waals surface area contributed by atoms with Crippen LogP contribution in [0.5, 0.6) is 5.75 Å². The Bertz CT molecular complexity index is 833. The van der Waals surface area contributed by atoms with Crippen LogP contribution in [0.25, 0.3) is 11.5 Å². The van der Waals surface area contributed by atoms with Crippen molar-refractivity contribution in [2.75, 3.05) is 5.73 Å². The minimum atomic E-state index is -0.319. The molecule has 0 spiro atoms. The molecule has 0 saturated heterocycles. The predicted molar refractivity (Wildman–Crippen MR) is 87.6 cm³/mol. The van der Waals surface area contributed by atoms with Crippen LogP contribution in [0.1, 0.15) is 5.56 Å². The Hall–Kier alpha value is -2.12. The first-order valence-corrected chi connectivity index (χ1v) is 7.65. The van der Waals surface area contributed by atoms with Crippen molar-refractivity contribution in [2.45, 2.75) is 6.61 Å². The Kier molecular flexibility index (Phi) is 4.49. The molecule has 2 aromatic carbocycles. The zero-order chi connectivity index (χ0) is 16.4. The van der Waals surface area contributed by atoms with Gasteiger partial charge in [0.2, 0.25) is 5.89 Å². The summed E-state index contributed by atoms with van der Waals surface area (Å²) in [5, 5.41) is 7.74. The molecule has 118 valence electrons. The maximum atomic E-state index is 13.2. The molecule has 2 N–H and O–H groups in total. The average Bonchev–Trinajstić information content (AvgIpc) is 2.93. The first-order chi connectivity index (χ1) is 11.0. The molecule has 0 fully saturated rings. The number of nitrogen functional groups attached to an aromatic ring is 1. The lowest BCUT2D eigenvalue weighted by Gasteiger charge is -2.11. The lowest BCUT2D eigenvalue weighted by Crippen LogP contribution is -1.97. The molecular weight excluding hydrogens is 389 g/mol. The van der Waals surface area contributed by atoms with Crippen LogP contribution >= 0.6 is 27.5 Å². The number of nitrogens with zero attached hydrogens (tertiary/aromatic N) is 2. The molecule has 0 saturated carbocycles. The van der Waals surface area contributed by atoms with Crippen molar-refractivity contribution in [2.24, 2.45) is 0 Å². The maximum Gasteiger partial charge on any atom is 0.313 e. The Morgan fingerprint density at radius 2 is 2.09 bits per heavy atom. The second-order valence-electron chi connectivity index (χ2n) is 4.63. The molecule has 5 nitrogen and oxygen atoms in total. The van der Waals surface area contributed by atoms with E-state index in [9.17, 15) is 4.39 Å². The molecule has 8 heteroatoms. The van der Waals surface area contributed by atoms with Crippen LogP contribution in [-0.2, 0) is 6.61 Å². The smallest absolute Gasteiger partial charge is 0.313 e. The molecule has 3 aromatic rings. The van der Waals surface area contributed by atoms with Crippen LogP contribution in [0.3, 0.4) is 0 Å². The highest BCUT2D eigenvalue weighted by Gasteiger charge is 2.14.